The number of anilines is 1. The summed E-state index contributed by atoms with van der Waals surface area (Å²) in [5.74, 6) is -0.718. The third kappa shape index (κ3) is 7.00. The van der Waals surface area contributed by atoms with Gasteiger partial charge in [-0.05, 0) is 86.5 Å². The minimum atomic E-state index is -4.03. The van der Waals surface area contributed by atoms with Gasteiger partial charge in [0.1, 0.15) is 12.3 Å². The smallest absolute Gasteiger partial charge is 0.343 e. The second kappa shape index (κ2) is 12.4. The number of carbonyl (C=O) groups excluding carboxylic acids is 2. The van der Waals surface area contributed by atoms with E-state index in [0.29, 0.717) is 22.6 Å². The van der Waals surface area contributed by atoms with Crippen molar-refractivity contribution in [3.05, 3.63) is 125 Å². The first-order valence-electron chi connectivity index (χ1n) is 12.5. The molecular weight excluding hydrogens is 526 g/mol. The summed E-state index contributed by atoms with van der Waals surface area (Å²) in [6.07, 6.45) is 1.41. The van der Waals surface area contributed by atoms with Gasteiger partial charge in [-0.3, -0.25) is 9.10 Å². The van der Waals surface area contributed by atoms with Crippen molar-refractivity contribution >= 4 is 33.8 Å². The number of benzene rings is 4. The van der Waals surface area contributed by atoms with E-state index in [9.17, 15) is 18.0 Å². The van der Waals surface area contributed by atoms with Crippen LogP contribution in [0, 0.1) is 20.8 Å². The van der Waals surface area contributed by atoms with E-state index in [1.807, 2.05) is 26.0 Å². The van der Waals surface area contributed by atoms with Crippen LogP contribution in [0.5, 0.6) is 5.75 Å². The van der Waals surface area contributed by atoms with Crippen molar-refractivity contribution in [3.63, 3.8) is 0 Å². The number of carbonyl (C=O) groups is 2. The van der Waals surface area contributed by atoms with Gasteiger partial charge in [0.05, 0.1) is 22.4 Å². The maximum Gasteiger partial charge on any atom is 0.343 e. The minimum Gasteiger partial charge on any atom is -0.423 e. The van der Waals surface area contributed by atoms with Gasteiger partial charge < -0.3 is 4.74 Å². The zero-order chi connectivity index (χ0) is 28.7. The quantitative estimate of drug-likeness (QED) is 0.133. The molecule has 0 heterocycles. The van der Waals surface area contributed by atoms with E-state index in [-0.39, 0.29) is 4.90 Å². The lowest BCUT2D eigenvalue weighted by Crippen LogP contribution is -2.40. The number of hydrazone groups is 1. The zero-order valence-electron chi connectivity index (χ0n) is 22.4. The molecule has 0 aromatic heterocycles. The molecule has 0 saturated heterocycles. The molecule has 4 aromatic rings. The van der Waals surface area contributed by atoms with Crippen molar-refractivity contribution in [2.75, 3.05) is 10.8 Å². The molecule has 0 atom stereocenters. The number of rotatable bonds is 9. The molecule has 0 saturated carbocycles. The van der Waals surface area contributed by atoms with E-state index in [1.54, 1.807) is 79.7 Å². The summed E-state index contributed by atoms with van der Waals surface area (Å²) in [6.45, 7) is 5.12. The van der Waals surface area contributed by atoms with Gasteiger partial charge in [-0.15, -0.1) is 0 Å². The van der Waals surface area contributed by atoms with E-state index in [2.05, 4.69) is 10.5 Å². The monoisotopic (exact) mass is 555 g/mol. The Labute approximate surface area is 234 Å². The molecule has 0 aliphatic carbocycles. The number of nitrogens with zero attached hydrogens (tertiary/aromatic N) is 2. The molecule has 0 aliphatic heterocycles. The highest BCUT2D eigenvalue weighted by atomic mass is 32.2. The van der Waals surface area contributed by atoms with Crippen LogP contribution in [0.3, 0.4) is 0 Å². The Bertz CT molecular complexity index is 1630. The predicted octanol–water partition coefficient (Wildman–Crippen LogP) is 5.18. The largest absolute Gasteiger partial charge is 0.423 e. The van der Waals surface area contributed by atoms with Crippen LogP contribution in [0.2, 0.25) is 0 Å². The lowest BCUT2D eigenvalue weighted by Gasteiger charge is -2.25. The highest BCUT2D eigenvalue weighted by Crippen LogP contribution is 2.27. The van der Waals surface area contributed by atoms with E-state index in [1.165, 1.54) is 18.3 Å². The molecule has 4 aromatic carbocycles. The molecule has 1 amide bonds. The van der Waals surface area contributed by atoms with Gasteiger partial charge in [-0.1, -0.05) is 53.6 Å². The third-order valence-electron chi connectivity index (χ3n) is 6.02. The van der Waals surface area contributed by atoms with E-state index < -0.39 is 28.4 Å². The summed E-state index contributed by atoms with van der Waals surface area (Å²) < 4.78 is 33.6. The van der Waals surface area contributed by atoms with Crippen LogP contribution in [0.4, 0.5) is 5.69 Å². The van der Waals surface area contributed by atoms with Crippen LogP contribution in [-0.4, -0.2) is 33.1 Å². The van der Waals surface area contributed by atoms with E-state index in [4.69, 9.17) is 4.74 Å². The topological polar surface area (TPSA) is 105 Å². The molecule has 0 fully saturated rings. The minimum absolute atomic E-state index is 0.0856. The number of aryl methyl sites for hydroxylation is 3. The Morgan fingerprint density at radius 3 is 2.15 bits per heavy atom. The van der Waals surface area contributed by atoms with Crippen LogP contribution < -0.4 is 14.5 Å². The zero-order valence-corrected chi connectivity index (χ0v) is 23.2. The van der Waals surface area contributed by atoms with Crippen molar-refractivity contribution < 1.29 is 22.7 Å². The van der Waals surface area contributed by atoms with Gasteiger partial charge in [0.15, 0.2) is 0 Å². The van der Waals surface area contributed by atoms with Gasteiger partial charge in [-0.2, -0.15) is 5.10 Å². The maximum atomic E-state index is 13.6. The molecule has 0 bridgehead atoms. The lowest BCUT2D eigenvalue weighted by molar-refractivity contribution is -0.119. The first kappa shape index (κ1) is 28.3. The Balaban J connectivity index is 1.45. The van der Waals surface area contributed by atoms with Crippen LogP contribution >= 0.6 is 0 Å². The Morgan fingerprint density at radius 1 is 0.850 bits per heavy atom. The summed E-state index contributed by atoms with van der Waals surface area (Å²) >= 11 is 0. The van der Waals surface area contributed by atoms with Gasteiger partial charge in [0, 0.05) is 0 Å². The Kier molecular flexibility index (Phi) is 8.76. The highest BCUT2D eigenvalue weighted by Gasteiger charge is 2.28. The number of ether oxygens (including phenoxy) is 1. The van der Waals surface area contributed by atoms with Crippen molar-refractivity contribution in [3.8, 4) is 5.75 Å². The highest BCUT2D eigenvalue weighted by molar-refractivity contribution is 7.92. The molecular formula is C31H29N3O5S. The third-order valence-corrected chi connectivity index (χ3v) is 7.79. The van der Waals surface area contributed by atoms with Crippen molar-refractivity contribution in [2.24, 2.45) is 5.10 Å². The first-order chi connectivity index (χ1) is 19.1. The van der Waals surface area contributed by atoms with Gasteiger partial charge in [-0.25, -0.2) is 18.6 Å². The number of sulfonamides is 1. The van der Waals surface area contributed by atoms with E-state index in [0.717, 1.165) is 21.0 Å². The number of hydrogen-bond acceptors (Lipinski definition) is 6. The number of nitrogens with one attached hydrogen (secondary N) is 1. The molecule has 204 valence electrons. The molecule has 1 N–H and O–H groups in total. The molecule has 9 heteroatoms. The number of esters is 1. The van der Waals surface area contributed by atoms with Crippen molar-refractivity contribution in [1.29, 1.82) is 0 Å². The summed E-state index contributed by atoms with van der Waals surface area (Å²) in [5, 5.41) is 3.98. The van der Waals surface area contributed by atoms with Crippen LogP contribution in [0.1, 0.15) is 32.6 Å². The molecule has 4 rings (SSSR count). The van der Waals surface area contributed by atoms with Crippen LogP contribution in [0.15, 0.2) is 107 Å². The summed E-state index contributed by atoms with van der Waals surface area (Å²) in [4.78, 5) is 25.1. The molecule has 0 radical (unpaired) electrons. The summed E-state index contributed by atoms with van der Waals surface area (Å²) in [7, 11) is -4.03. The van der Waals surface area contributed by atoms with Crippen LogP contribution in [0.25, 0.3) is 0 Å². The standard InChI is InChI=1S/C31H29N3O5S/c1-22-9-16-28(17-10-22)40(37,38)34(29-18-11-23(2)19-24(29)3)21-30(35)33-32-20-25-12-14-27(15-13-25)39-31(36)26-7-5-4-6-8-26/h4-20H,21H2,1-3H3,(H,33,35)/b32-20-. The van der Waals surface area contributed by atoms with Crippen LogP contribution in [-0.2, 0) is 14.8 Å². The fraction of sp³-hybridized carbons (Fsp3) is 0.129. The fourth-order valence-corrected chi connectivity index (χ4v) is 5.41. The molecule has 0 spiro atoms. The first-order valence-corrected chi connectivity index (χ1v) is 13.9. The van der Waals surface area contributed by atoms with Gasteiger partial charge >= 0.3 is 5.97 Å². The normalized spacial score (nSPS) is 11.3. The van der Waals surface area contributed by atoms with E-state index >= 15 is 0 Å². The maximum absolute atomic E-state index is 13.6. The summed E-state index contributed by atoms with van der Waals surface area (Å²) in [6, 6.07) is 27.1. The molecule has 0 aliphatic rings. The molecule has 0 unspecified atom stereocenters. The number of hydrogen-bond donors (Lipinski definition) is 1. The Hall–Kier alpha value is -4.76. The lowest BCUT2D eigenvalue weighted by atomic mass is 10.1. The molecule has 8 nitrogen and oxygen atoms in total. The summed E-state index contributed by atoms with van der Waals surface area (Å²) in [5.41, 5.74) is 6.51. The molecule has 40 heavy (non-hydrogen) atoms. The Morgan fingerprint density at radius 2 is 1.50 bits per heavy atom. The average molecular weight is 556 g/mol. The van der Waals surface area contributed by atoms with Crippen molar-refractivity contribution in [2.45, 2.75) is 25.7 Å². The average Bonchev–Trinajstić information content (AvgIpc) is 2.94. The second-order valence-electron chi connectivity index (χ2n) is 9.23. The van der Waals surface area contributed by atoms with Crippen molar-refractivity contribution in [1.82, 2.24) is 5.43 Å². The fourth-order valence-electron chi connectivity index (χ4n) is 3.93. The predicted molar refractivity (Wildman–Crippen MR) is 155 cm³/mol. The second-order valence-corrected chi connectivity index (χ2v) is 11.1. The number of amides is 1. The van der Waals surface area contributed by atoms with Gasteiger partial charge in [0.2, 0.25) is 0 Å². The van der Waals surface area contributed by atoms with Gasteiger partial charge in [0.25, 0.3) is 15.9 Å². The SMILES string of the molecule is Cc1ccc(S(=O)(=O)N(CC(=O)N/N=C\c2ccc(OC(=O)c3ccccc3)cc2)c2ccc(C)cc2C)cc1.